The van der Waals surface area contributed by atoms with E-state index in [1.54, 1.807) is 0 Å². The van der Waals surface area contributed by atoms with Crippen molar-refractivity contribution >= 4 is 0 Å². The molecule has 4 unspecified atom stereocenters. The molecule has 1 heteroatoms. The molecule has 3 saturated carbocycles. The van der Waals surface area contributed by atoms with Gasteiger partial charge in [0, 0.05) is 0 Å². The summed E-state index contributed by atoms with van der Waals surface area (Å²) >= 11 is 0. The van der Waals surface area contributed by atoms with Gasteiger partial charge in [0.15, 0.2) is 0 Å². The summed E-state index contributed by atoms with van der Waals surface area (Å²) in [4.78, 5) is 0. The number of fused-ring (bicyclic) bond motifs is 1. The lowest BCUT2D eigenvalue weighted by Gasteiger charge is -2.45. The van der Waals surface area contributed by atoms with E-state index in [0.717, 1.165) is 42.6 Å². The lowest BCUT2D eigenvalue weighted by molar-refractivity contribution is 0.0489. The van der Waals surface area contributed by atoms with Crippen LogP contribution in [0.1, 0.15) is 84.5 Å². The molecule has 0 heterocycles. The van der Waals surface area contributed by atoms with Gasteiger partial charge < -0.3 is 5.11 Å². The van der Waals surface area contributed by atoms with E-state index >= 15 is 0 Å². The van der Waals surface area contributed by atoms with E-state index in [2.05, 4.69) is 26.5 Å². The van der Waals surface area contributed by atoms with Gasteiger partial charge in [0.25, 0.3) is 0 Å². The van der Waals surface area contributed by atoms with Gasteiger partial charge in [-0.2, -0.15) is 0 Å². The van der Waals surface area contributed by atoms with E-state index in [1.807, 2.05) is 0 Å². The minimum absolute atomic E-state index is 0.285. The van der Waals surface area contributed by atoms with Gasteiger partial charge in [-0.15, -0.1) is 0 Å². The molecule has 0 aromatic rings. The summed E-state index contributed by atoms with van der Waals surface area (Å²) in [7, 11) is 0. The summed E-state index contributed by atoms with van der Waals surface area (Å²) in [6, 6.07) is 0. The summed E-state index contributed by atoms with van der Waals surface area (Å²) in [5.74, 6) is 2.83. The zero-order chi connectivity index (χ0) is 16.4. The second-order valence-corrected chi connectivity index (χ2v) is 8.80. The van der Waals surface area contributed by atoms with E-state index in [0.29, 0.717) is 5.41 Å². The van der Waals surface area contributed by atoms with E-state index in [-0.39, 0.29) is 6.10 Å². The summed E-state index contributed by atoms with van der Waals surface area (Å²) in [5.41, 5.74) is 3.14. The van der Waals surface area contributed by atoms with E-state index < -0.39 is 0 Å². The molecule has 3 fully saturated rings. The molecule has 0 amide bonds. The van der Waals surface area contributed by atoms with Gasteiger partial charge in [-0.25, -0.2) is 0 Å². The zero-order valence-corrected chi connectivity index (χ0v) is 15.3. The zero-order valence-electron chi connectivity index (χ0n) is 15.3. The molecule has 0 aromatic carbocycles. The predicted octanol–water partition coefficient (Wildman–Crippen LogP) is 6.04. The molecule has 0 radical (unpaired) electrons. The Balaban J connectivity index is 1.63. The molecule has 0 aromatic heterocycles. The molecule has 1 nitrogen and oxygen atoms in total. The Kier molecular flexibility index (Phi) is 5.35. The minimum atomic E-state index is -0.285. The number of rotatable bonds is 4. The van der Waals surface area contributed by atoms with Gasteiger partial charge in [0.05, 0.1) is 6.10 Å². The molecule has 3 aliphatic rings. The highest BCUT2D eigenvalue weighted by Gasteiger charge is 2.50. The van der Waals surface area contributed by atoms with Crippen molar-refractivity contribution in [1.29, 1.82) is 0 Å². The van der Waals surface area contributed by atoms with Gasteiger partial charge in [-0.1, -0.05) is 51.3 Å². The predicted molar refractivity (Wildman–Crippen MR) is 98.3 cm³/mol. The Bertz CT molecular complexity index is 463. The molecular formula is C22H36O. The first-order chi connectivity index (χ1) is 11.0. The van der Waals surface area contributed by atoms with Crippen LogP contribution in [0.2, 0.25) is 0 Å². The highest BCUT2D eigenvalue weighted by atomic mass is 16.3. The fourth-order valence-corrected chi connectivity index (χ4v) is 6.04. The highest BCUT2D eigenvalue weighted by Crippen LogP contribution is 2.59. The number of aliphatic hydroxyl groups is 1. The quantitative estimate of drug-likeness (QED) is 0.627. The van der Waals surface area contributed by atoms with Crippen LogP contribution in [0.4, 0.5) is 0 Å². The van der Waals surface area contributed by atoms with Crippen LogP contribution in [0.3, 0.4) is 0 Å². The average molecular weight is 317 g/mol. The molecule has 3 aliphatic carbocycles. The van der Waals surface area contributed by atoms with Crippen LogP contribution in [-0.4, -0.2) is 11.2 Å². The molecule has 0 saturated heterocycles. The van der Waals surface area contributed by atoms with Crippen LogP contribution < -0.4 is 0 Å². The highest BCUT2D eigenvalue weighted by molar-refractivity contribution is 5.18. The van der Waals surface area contributed by atoms with Crippen LogP contribution in [-0.2, 0) is 0 Å². The van der Waals surface area contributed by atoms with E-state index in [4.69, 9.17) is 0 Å². The molecule has 0 bridgehead atoms. The van der Waals surface area contributed by atoms with Crippen molar-refractivity contribution in [1.82, 2.24) is 0 Å². The van der Waals surface area contributed by atoms with Crippen molar-refractivity contribution in [3.8, 4) is 0 Å². The normalized spacial score (nSPS) is 42.9. The third kappa shape index (κ3) is 3.45. The fourth-order valence-electron chi connectivity index (χ4n) is 6.04. The van der Waals surface area contributed by atoms with E-state index in [9.17, 15) is 5.11 Å². The molecule has 1 N–H and O–H groups in total. The maximum Gasteiger partial charge on any atom is 0.0784 e. The van der Waals surface area contributed by atoms with Crippen LogP contribution in [0.5, 0.6) is 0 Å². The largest absolute Gasteiger partial charge is 0.388 e. The molecular weight excluding hydrogens is 280 g/mol. The van der Waals surface area contributed by atoms with Crippen molar-refractivity contribution < 1.29 is 5.11 Å². The number of aliphatic hydroxyl groups excluding tert-OH is 1. The van der Waals surface area contributed by atoms with Gasteiger partial charge in [-0.05, 0) is 80.1 Å². The number of hydrogen-bond donors (Lipinski definition) is 1. The molecule has 130 valence electrons. The monoisotopic (exact) mass is 316 g/mol. The second-order valence-electron chi connectivity index (χ2n) is 8.80. The van der Waals surface area contributed by atoms with Gasteiger partial charge in [0.1, 0.15) is 0 Å². The van der Waals surface area contributed by atoms with Gasteiger partial charge in [0.2, 0.25) is 0 Å². The standard InChI is InChI=1S/C22H36O/c1-4-6-19-12-13-20-18(7-5-14-22(19,20)3)11-10-17-9-8-16(2)21(23)15-17/h10,18-21,23H,2,4-9,11-15H2,1,3H3/b17-10-/t18?,19?,20?,21-,22?/m1/s1. The first-order valence-electron chi connectivity index (χ1n) is 10.1. The third-order valence-electron chi connectivity index (χ3n) is 7.51. The third-order valence-corrected chi connectivity index (χ3v) is 7.51. The first-order valence-corrected chi connectivity index (χ1v) is 10.1. The summed E-state index contributed by atoms with van der Waals surface area (Å²) in [5, 5.41) is 10.0. The molecule has 5 atom stereocenters. The van der Waals surface area contributed by atoms with Crippen LogP contribution in [0.15, 0.2) is 23.8 Å². The van der Waals surface area contributed by atoms with E-state index in [1.165, 1.54) is 56.9 Å². The lowest BCUT2D eigenvalue weighted by Crippen LogP contribution is -2.37. The van der Waals surface area contributed by atoms with Crippen molar-refractivity contribution in [2.45, 2.75) is 90.6 Å². The topological polar surface area (TPSA) is 20.2 Å². The number of hydrogen-bond acceptors (Lipinski definition) is 1. The fraction of sp³-hybridized carbons (Fsp3) is 0.818. The Morgan fingerprint density at radius 1 is 1.26 bits per heavy atom. The van der Waals surface area contributed by atoms with Crippen LogP contribution >= 0.6 is 0 Å². The summed E-state index contributed by atoms with van der Waals surface area (Å²) in [6.07, 6.45) is 16.5. The average Bonchev–Trinajstić information content (AvgIpc) is 2.86. The Hall–Kier alpha value is -0.560. The second kappa shape index (κ2) is 7.13. The maximum atomic E-state index is 10.0. The van der Waals surface area contributed by atoms with Crippen molar-refractivity contribution in [2.75, 3.05) is 0 Å². The Morgan fingerprint density at radius 3 is 2.83 bits per heavy atom. The molecule has 0 aliphatic heterocycles. The SMILES string of the molecule is C=C1CC/C(=C/CC2CCCC3(C)C(CCC)CCC23)C[C@H]1O. The number of allylic oxidation sites excluding steroid dienone is 1. The van der Waals surface area contributed by atoms with Gasteiger partial charge >= 0.3 is 0 Å². The lowest BCUT2D eigenvalue weighted by atomic mass is 9.60. The Labute approximate surface area is 143 Å². The van der Waals surface area contributed by atoms with Gasteiger partial charge in [-0.3, -0.25) is 0 Å². The molecule has 3 rings (SSSR count). The van der Waals surface area contributed by atoms with Crippen LogP contribution in [0.25, 0.3) is 0 Å². The smallest absolute Gasteiger partial charge is 0.0784 e. The maximum absolute atomic E-state index is 10.0. The van der Waals surface area contributed by atoms with Crippen LogP contribution in [0, 0.1) is 23.2 Å². The van der Waals surface area contributed by atoms with Crippen molar-refractivity contribution in [3.05, 3.63) is 23.8 Å². The summed E-state index contributed by atoms with van der Waals surface area (Å²) < 4.78 is 0. The minimum Gasteiger partial charge on any atom is -0.388 e. The summed E-state index contributed by atoms with van der Waals surface area (Å²) in [6.45, 7) is 8.94. The van der Waals surface area contributed by atoms with Crippen molar-refractivity contribution in [2.24, 2.45) is 23.2 Å². The molecule has 23 heavy (non-hydrogen) atoms. The Morgan fingerprint density at radius 2 is 2.09 bits per heavy atom. The molecule has 0 spiro atoms. The van der Waals surface area contributed by atoms with Crippen molar-refractivity contribution in [3.63, 3.8) is 0 Å². The first kappa shape index (κ1) is 17.3.